The largest absolute Gasteiger partial charge is 0.416 e. The van der Waals surface area contributed by atoms with Gasteiger partial charge in [-0.3, -0.25) is 0 Å². The van der Waals surface area contributed by atoms with Crippen molar-refractivity contribution in [2.75, 3.05) is 0 Å². The van der Waals surface area contributed by atoms with E-state index in [1.165, 1.54) is 0 Å². The molecule has 1 aromatic heterocycles. The Morgan fingerprint density at radius 2 is 2.07 bits per heavy atom. The second-order valence-corrected chi connectivity index (χ2v) is 2.93. The molecule has 0 atom stereocenters. The minimum Gasteiger partial charge on any atom is -0.409 e. The highest BCUT2D eigenvalue weighted by molar-refractivity contribution is 6.29. The van der Waals surface area contributed by atoms with Crippen LogP contribution in [0.15, 0.2) is 17.3 Å². The Morgan fingerprint density at radius 1 is 1.47 bits per heavy atom. The van der Waals surface area contributed by atoms with Crippen LogP contribution >= 0.6 is 11.6 Å². The number of amidine groups is 1. The first-order chi connectivity index (χ1) is 6.84. The number of alkyl halides is 3. The van der Waals surface area contributed by atoms with Crippen LogP contribution < -0.4 is 5.73 Å². The maximum absolute atomic E-state index is 12.3. The zero-order valence-corrected chi connectivity index (χ0v) is 7.84. The quantitative estimate of drug-likeness (QED) is 0.258. The van der Waals surface area contributed by atoms with Gasteiger partial charge in [-0.15, -0.1) is 0 Å². The van der Waals surface area contributed by atoms with E-state index < -0.39 is 17.6 Å². The fraction of sp³-hybridized carbons (Fsp3) is 0.143. The van der Waals surface area contributed by atoms with Gasteiger partial charge in [0, 0.05) is 0 Å². The summed E-state index contributed by atoms with van der Waals surface area (Å²) in [6.07, 6.45) is -4.56. The monoisotopic (exact) mass is 239 g/mol. The standard InChI is InChI=1S/C7H5ClF3N3O/c8-5-2-3(7(9,10)11)1-4(13-5)6(12)14-15/h1-2,15H,(H2,12,14). The first-order valence-corrected chi connectivity index (χ1v) is 3.95. The van der Waals surface area contributed by atoms with E-state index in [2.05, 4.69) is 10.1 Å². The fourth-order valence-corrected chi connectivity index (χ4v) is 1.05. The zero-order chi connectivity index (χ0) is 11.6. The Balaban J connectivity index is 3.29. The van der Waals surface area contributed by atoms with Crippen LogP contribution in [0.5, 0.6) is 0 Å². The van der Waals surface area contributed by atoms with Crippen molar-refractivity contribution in [3.8, 4) is 0 Å². The number of aromatic nitrogens is 1. The van der Waals surface area contributed by atoms with Crippen LogP contribution in [0.4, 0.5) is 13.2 Å². The van der Waals surface area contributed by atoms with Crippen LogP contribution in [-0.4, -0.2) is 16.0 Å². The lowest BCUT2D eigenvalue weighted by Crippen LogP contribution is -2.17. The highest BCUT2D eigenvalue weighted by atomic mass is 35.5. The van der Waals surface area contributed by atoms with E-state index in [-0.39, 0.29) is 10.8 Å². The maximum atomic E-state index is 12.3. The Hall–Kier alpha value is -1.50. The van der Waals surface area contributed by atoms with Crippen molar-refractivity contribution < 1.29 is 18.4 Å². The number of pyridine rings is 1. The first-order valence-electron chi connectivity index (χ1n) is 3.57. The zero-order valence-electron chi connectivity index (χ0n) is 7.09. The molecule has 8 heteroatoms. The summed E-state index contributed by atoms with van der Waals surface area (Å²) in [6.45, 7) is 0. The molecular formula is C7H5ClF3N3O. The van der Waals surface area contributed by atoms with Crippen molar-refractivity contribution in [2.24, 2.45) is 10.9 Å². The van der Waals surface area contributed by atoms with Gasteiger partial charge < -0.3 is 10.9 Å². The highest BCUT2D eigenvalue weighted by Crippen LogP contribution is 2.30. The molecule has 0 unspecified atom stereocenters. The normalized spacial score (nSPS) is 12.9. The first kappa shape index (κ1) is 11.6. The van der Waals surface area contributed by atoms with E-state index in [1.54, 1.807) is 0 Å². The molecule has 1 rings (SSSR count). The smallest absolute Gasteiger partial charge is 0.409 e. The predicted octanol–water partition coefficient (Wildman–Crippen LogP) is 1.85. The van der Waals surface area contributed by atoms with Crippen molar-refractivity contribution in [3.05, 3.63) is 28.5 Å². The van der Waals surface area contributed by atoms with Crippen molar-refractivity contribution in [3.63, 3.8) is 0 Å². The van der Waals surface area contributed by atoms with Gasteiger partial charge in [0.25, 0.3) is 0 Å². The number of oxime groups is 1. The highest BCUT2D eigenvalue weighted by Gasteiger charge is 2.31. The predicted molar refractivity (Wildman–Crippen MR) is 46.8 cm³/mol. The van der Waals surface area contributed by atoms with E-state index in [4.69, 9.17) is 22.5 Å². The second kappa shape index (κ2) is 3.93. The molecule has 0 aliphatic heterocycles. The molecule has 0 amide bonds. The van der Waals surface area contributed by atoms with Crippen LogP contribution in [0, 0.1) is 0 Å². The van der Waals surface area contributed by atoms with Gasteiger partial charge in [0.05, 0.1) is 5.56 Å². The van der Waals surface area contributed by atoms with Crippen LogP contribution in [0.2, 0.25) is 5.15 Å². The van der Waals surface area contributed by atoms with Crippen LogP contribution in [-0.2, 0) is 6.18 Å². The number of nitrogens with two attached hydrogens (primary N) is 1. The Kier molecular flexibility index (Phi) is 3.04. The molecule has 0 bridgehead atoms. The van der Waals surface area contributed by atoms with Gasteiger partial charge in [-0.2, -0.15) is 13.2 Å². The molecule has 0 radical (unpaired) electrons. The summed E-state index contributed by atoms with van der Waals surface area (Å²) in [5.74, 6) is -0.539. The average molecular weight is 240 g/mol. The molecule has 0 saturated heterocycles. The van der Waals surface area contributed by atoms with Crippen molar-refractivity contribution in [1.82, 2.24) is 4.98 Å². The van der Waals surface area contributed by atoms with Gasteiger partial charge in [0.15, 0.2) is 5.84 Å². The van der Waals surface area contributed by atoms with Crippen molar-refractivity contribution in [2.45, 2.75) is 6.18 Å². The van der Waals surface area contributed by atoms with Crippen molar-refractivity contribution in [1.29, 1.82) is 0 Å². The third-order valence-electron chi connectivity index (χ3n) is 1.49. The van der Waals surface area contributed by atoms with Crippen LogP contribution in [0.1, 0.15) is 11.3 Å². The van der Waals surface area contributed by atoms with E-state index in [1.807, 2.05) is 0 Å². The minimum absolute atomic E-state index is 0.336. The van der Waals surface area contributed by atoms with Gasteiger partial charge in [0.2, 0.25) is 0 Å². The molecule has 1 heterocycles. The third kappa shape index (κ3) is 2.72. The number of halogens is 4. The number of nitrogens with zero attached hydrogens (tertiary/aromatic N) is 2. The molecule has 82 valence electrons. The lowest BCUT2D eigenvalue weighted by atomic mass is 10.2. The Morgan fingerprint density at radius 3 is 2.53 bits per heavy atom. The van der Waals surface area contributed by atoms with Crippen LogP contribution in [0.25, 0.3) is 0 Å². The van der Waals surface area contributed by atoms with E-state index in [0.717, 1.165) is 0 Å². The molecule has 0 aliphatic carbocycles. The summed E-state index contributed by atoms with van der Waals surface area (Å²) in [5.41, 5.74) is 3.74. The van der Waals surface area contributed by atoms with E-state index >= 15 is 0 Å². The third-order valence-corrected chi connectivity index (χ3v) is 1.69. The fourth-order valence-electron chi connectivity index (χ4n) is 0.843. The maximum Gasteiger partial charge on any atom is 0.416 e. The van der Waals surface area contributed by atoms with E-state index in [9.17, 15) is 13.2 Å². The molecule has 0 fully saturated rings. The summed E-state index contributed by atoms with van der Waals surface area (Å²) >= 11 is 5.35. The molecule has 0 spiro atoms. The summed E-state index contributed by atoms with van der Waals surface area (Å²) in [4.78, 5) is 3.47. The van der Waals surface area contributed by atoms with Gasteiger partial charge in [-0.25, -0.2) is 4.98 Å². The SMILES string of the molecule is NC(=NO)c1cc(C(F)(F)F)cc(Cl)n1. The summed E-state index contributed by atoms with van der Waals surface area (Å²) in [5, 5.41) is 10.4. The van der Waals surface area contributed by atoms with Gasteiger partial charge in [0.1, 0.15) is 10.8 Å². The number of hydrogen-bond acceptors (Lipinski definition) is 3. The lowest BCUT2D eigenvalue weighted by molar-refractivity contribution is -0.137. The Labute approximate surface area is 87.2 Å². The van der Waals surface area contributed by atoms with Crippen molar-refractivity contribution >= 4 is 17.4 Å². The molecule has 0 aromatic carbocycles. The Bertz CT molecular complexity index is 405. The summed E-state index contributed by atoms with van der Waals surface area (Å²) in [7, 11) is 0. The molecule has 3 N–H and O–H groups in total. The van der Waals surface area contributed by atoms with Gasteiger partial charge >= 0.3 is 6.18 Å². The molecule has 15 heavy (non-hydrogen) atoms. The molecule has 1 aromatic rings. The molecule has 4 nitrogen and oxygen atoms in total. The molecule has 0 aliphatic rings. The minimum atomic E-state index is -4.56. The number of rotatable bonds is 1. The lowest BCUT2D eigenvalue weighted by Gasteiger charge is -2.08. The number of hydrogen-bond donors (Lipinski definition) is 2. The molecular weight excluding hydrogens is 235 g/mol. The second-order valence-electron chi connectivity index (χ2n) is 2.55. The average Bonchev–Trinajstić information content (AvgIpc) is 2.14. The van der Waals surface area contributed by atoms with Gasteiger partial charge in [-0.05, 0) is 12.1 Å². The van der Waals surface area contributed by atoms with E-state index in [0.29, 0.717) is 12.1 Å². The summed E-state index contributed by atoms with van der Waals surface area (Å²) < 4.78 is 36.9. The topological polar surface area (TPSA) is 71.5 Å². The summed E-state index contributed by atoms with van der Waals surface area (Å²) in [6, 6.07) is 1.29. The van der Waals surface area contributed by atoms with Gasteiger partial charge in [-0.1, -0.05) is 16.8 Å². The van der Waals surface area contributed by atoms with Crippen LogP contribution in [0.3, 0.4) is 0 Å². The molecule has 0 saturated carbocycles.